The second-order valence-electron chi connectivity index (χ2n) is 9.74. The molecule has 2 N–H and O–H groups in total. The van der Waals surface area contributed by atoms with Gasteiger partial charge in [-0.3, -0.25) is 0 Å². The van der Waals surface area contributed by atoms with Gasteiger partial charge < -0.3 is 19.2 Å². The summed E-state index contributed by atoms with van der Waals surface area (Å²) in [6.07, 6.45) is 17.6. The maximum Gasteiger partial charge on any atom is 0.371 e. The highest BCUT2D eigenvalue weighted by Gasteiger charge is 2.33. The fourth-order valence-electron chi connectivity index (χ4n) is 5.14. The van der Waals surface area contributed by atoms with Gasteiger partial charge in [0.25, 0.3) is 5.95 Å². The average Bonchev–Trinajstić information content (AvgIpc) is 3.37. The molecule has 0 amide bonds. The number of ether oxygens (including phenoxy) is 1. The number of aromatic amines is 1. The number of carboxylic acid groups (broad SMARTS) is 1. The molecule has 1 unspecified atom stereocenters. The highest BCUT2D eigenvalue weighted by molar-refractivity contribution is 5.84. The quantitative estimate of drug-likeness (QED) is 0.464. The largest absolute Gasteiger partial charge is 0.475 e. The van der Waals surface area contributed by atoms with Crippen molar-refractivity contribution in [2.75, 3.05) is 0 Å². The monoisotopic (exact) mass is 437 g/mol. The Kier molecular flexibility index (Phi) is 6.63. The molecule has 0 aromatic carbocycles. The molecule has 1 atom stereocenters. The minimum Gasteiger partial charge on any atom is -0.475 e. The van der Waals surface area contributed by atoms with E-state index in [1.165, 1.54) is 61.1 Å². The number of H-pyrrole nitrogens is 1. The highest BCUT2D eigenvalue weighted by atomic mass is 16.6. The second-order valence-corrected chi connectivity index (χ2v) is 9.74. The Morgan fingerprint density at radius 2 is 2.00 bits per heavy atom. The molecule has 5 nitrogen and oxygen atoms in total. The lowest BCUT2D eigenvalue weighted by atomic mass is 9.73. The van der Waals surface area contributed by atoms with Crippen molar-refractivity contribution in [3.05, 3.63) is 51.9 Å². The summed E-state index contributed by atoms with van der Waals surface area (Å²) in [4.78, 5) is 14.8. The maximum absolute atomic E-state index is 11.2. The Bertz CT molecular complexity index is 1120. The Labute approximate surface area is 189 Å². The van der Waals surface area contributed by atoms with Gasteiger partial charge in [-0.15, -0.1) is 0 Å². The van der Waals surface area contributed by atoms with Gasteiger partial charge in [-0.25, -0.2) is 4.79 Å². The van der Waals surface area contributed by atoms with Crippen LogP contribution in [-0.2, 0) is 5.41 Å². The molecule has 4 rings (SSSR count). The van der Waals surface area contributed by atoms with Gasteiger partial charge in [-0.05, 0) is 47.9 Å². The lowest BCUT2D eigenvalue weighted by Crippen LogP contribution is -2.30. The topological polar surface area (TPSA) is 75.5 Å². The summed E-state index contributed by atoms with van der Waals surface area (Å²) >= 11 is 0. The smallest absolute Gasteiger partial charge is 0.371 e. The zero-order chi connectivity index (χ0) is 22.7. The summed E-state index contributed by atoms with van der Waals surface area (Å²) < 4.78 is 11.4. The molecule has 0 radical (unpaired) electrons. The molecule has 0 saturated heterocycles. The molecule has 2 heterocycles. The molecule has 0 bridgehead atoms. The number of hydrogen-bond donors (Lipinski definition) is 2. The van der Waals surface area contributed by atoms with E-state index < -0.39 is 5.97 Å². The van der Waals surface area contributed by atoms with Gasteiger partial charge in [0.05, 0.1) is 5.35 Å². The fraction of sp³-hybridized carbons (Fsp3) is 0.519. The first kappa shape index (κ1) is 22.5. The van der Waals surface area contributed by atoms with E-state index in [1.54, 1.807) is 6.07 Å². The van der Waals surface area contributed by atoms with E-state index in [1.807, 2.05) is 6.08 Å². The van der Waals surface area contributed by atoms with E-state index in [0.717, 1.165) is 24.6 Å². The lowest BCUT2D eigenvalue weighted by molar-refractivity contribution is 0.0657. The van der Waals surface area contributed by atoms with Crippen molar-refractivity contribution in [2.45, 2.75) is 89.9 Å². The van der Waals surface area contributed by atoms with E-state index in [4.69, 9.17) is 14.3 Å². The molecule has 2 aliphatic rings. The molecule has 172 valence electrons. The van der Waals surface area contributed by atoms with Crippen molar-refractivity contribution >= 4 is 17.8 Å². The van der Waals surface area contributed by atoms with E-state index >= 15 is 0 Å². The number of aromatic carboxylic acids is 1. The maximum atomic E-state index is 11.2. The molecule has 5 heteroatoms. The van der Waals surface area contributed by atoms with Crippen LogP contribution in [0.2, 0.25) is 0 Å². The van der Waals surface area contributed by atoms with Gasteiger partial charge >= 0.3 is 5.97 Å². The molecule has 0 saturated carbocycles. The average molecular weight is 438 g/mol. The van der Waals surface area contributed by atoms with E-state index in [0.29, 0.717) is 11.7 Å². The number of fused-ring (bicyclic) bond motifs is 3. The predicted molar refractivity (Wildman–Crippen MR) is 126 cm³/mol. The summed E-state index contributed by atoms with van der Waals surface area (Å²) in [5.41, 5.74) is 2.85. The van der Waals surface area contributed by atoms with Crippen LogP contribution in [0.1, 0.15) is 106 Å². The summed E-state index contributed by atoms with van der Waals surface area (Å²) in [6, 6.07) is 2.98. The first-order valence-corrected chi connectivity index (χ1v) is 12.1. The molecule has 0 fully saturated rings. The number of furan rings is 1. The number of allylic oxidation sites excluding steroid dienone is 1. The van der Waals surface area contributed by atoms with Gasteiger partial charge in [0.1, 0.15) is 0 Å². The highest BCUT2D eigenvalue weighted by Crippen LogP contribution is 2.37. The number of carboxylic acids is 1. The van der Waals surface area contributed by atoms with Gasteiger partial charge in [0.15, 0.2) is 5.76 Å². The molecule has 32 heavy (non-hydrogen) atoms. The molecule has 0 aliphatic heterocycles. The van der Waals surface area contributed by atoms with Gasteiger partial charge in [0, 0.05) is 17.3 Å². The van der Waals surface area contributed by atoms with Crippen LogP contribution in [-0.4, -0.2) is 16.1 Å². The minimum absolute atomic E-state index is 0.102. The van der Waals surface area contributed by atoms with Gasteiger partial charge in [0.2, 0.25) is 5.76 Å². The SMILES string of the molecule is CCCCCCCCC1C=CC(Oc2ccc(C(=O)O)o2)=c2[nH]c3c(c21)C(C)(C)CCC=3. The van der Waals surface area contributed by atoms with Crippen molar-refractivity contribution in [1.82, 2.24) is 4.98 Å². The van der Waals surface area contributed by atoms with Crippen LogP contribution in [0, 0.1) is 0 Å². The molecule has 2 aliphatic carbocycles. The number of nitrogens with one attached hydrogen (secondary N) is 1. The van der Waals surface area contributed by atoms with E-state index in [2.05, 4.69) is 37.9 Å². The van der Waals surface area contributed by atoms with Crippen molar-refractivity contribution in [3.8, 4) is 5.95 Å². The molecule has 2 aromatic rings. The third kappa shape index (κ3) is 4.57. The second kappa shape index (κ2) is 9.43. The zero-order valence-electron chi connectivity index (χ0n) is 19.5. The first-order chi connectivity index (χ1) is 15.4. The van der Waals surface area contributed by atoms with E-state index in [-0.39, 0.29) is 17.1 Å². The van der Waals surface area contributed by atoms with Crippen LogP contribution in [0.3, 0.4) is 0 Å². The van der Waals surface area contributed by atoms with Crippen LogP contribution < -0.4 is 15.4 Å². The van der Waals surface area contributed by atoms with Gasteiger partial charge in [-0.1, -0.05) is 71.4 Å². The number of rotatable bonds is 10. The standard InChI is InChI=1S/C27H35NO4/c1-4-5-6-7-8-9-11-18-13-14-20(31-22-16-15-21(32-22)26(29)30)25-23(18)24-19(28-25)12-10-17-27(24,2)3/h12-16,18,28H,4-11,17H2,1-3H3,(H,29,30). The van der Waals surface area contributed by atoms with Crippen LogP contribution in [0.15, 0.2) is 28.7 Å². The van der Waals surface area contributed by atoms with Crippen molar-refractivity contribution in [1.29, 1.82) is 0 Å². The third-order valence-electron chi connectivity index (χ3n) is 6.83. The molecular formula is C27H35NO4. The van der Waals surface area contributed by atoms with Crippen molar-refractivity contribution < 1.29 is 19.1 Å². The van der Waals surface area contributed by atoms with Crippen LogP contribution in [0.25, 0.3) is 11.8 Å². The summed E-state index contributed by atoms with van der Waals surface area (Å²) in [5.74, 6) is 0.0139. The number of carbonyl (C=O) groups is 1. The van der Waals surface area contributed by atoms with Crippen molar-refractivity contribution in [3.63, 3.8) is 0 Å². The van der Waals surface area contributed by atoms with Gasteiger partial charge in [-0.2, -0.15) is 0 Å². The minimum atomic E-state index is -1.10. The van der Waals surface area contributed by atoms with Crippen LogP contribution in [0.4, 0.5) is 0 Å². The normalized spacial score (nSPS) is 18.7. The molecule has 0 spiro atoms. The zero-order valence-corrected chi connectivity index (χ0v) is 19.5. The fourth-order valence-corrected chi connectivity index (χ4v) is 5.14. The van der Waals surface area contributed by atoms with E-state index in [9.17, 15) is 4.79 Å². The van der Waals surface area contributed by atoms with Crippen LogP contribution >= 0.6 is 0 Å². The molecule has 2 aromatic heterocycles. The van der Waals surface area contributed by atoms with Crippen molar-refractivity contribution in [2.24, 2.45) is 0 Å². The predicted octanol–water partition coefficient (Wildman–Crippen LogP) is 5.75. The third-order valence-corrected chi connectivity index (χ3v) is 6.83. The number of aromatic nitrogens is 1. The Morgan fingerprint density at radius 1 is 1.22 bits per heavy atom. The Balaban J connectivity index is 1.66. The summed E-state index contributed by atoms with van der Waals surface area (Å²) in [5, 5.41) is 11.3. The number of hydrogen-bond acceptors (Lipinski definition) is 3. The summed E-state index contributed by atoms with van der Waals surface area (Å²) in [6.45, 7) is 6.92. The first-order valence-electron chi connectivity index (χ1n) is 12.1. The summed E-state index contributed by atoms with van der Waals surface area (Å²) in [7, 11) is 0. The Morgan fingerprint density at radius 3 is 2.75 bits per heavy atom. The Hall–Kier alpha value is -2.69. The number of unbranched alkanes of at least 4 members (excludes halogenated alkanes) is 5. The van der Waals surface area contributed by atoms with Crippen LogP contribution in [0.5, 0.6) is 5.95 Å². The lowest BCUT2D eigenvalue weighted by Gasteiger charge is -2.30. The molecular weight excluding hydrogens is 402 g/mol.